The van der Waals surface area contributed by atoms with E-state index in [1.807, 2.05) is 0 Å². The van der Waals surface area contributed by atoms with Gasteiger partial charge in [-0.25, -0.2) is 8.42 Å². The predicted octanol–water partition coefficient (Wildman–Crippen LogP) is -0.0824. The lowest BCUT2D eigenvalue weighted by Crippen LogP contribution is -2.53. The van der Waals surface area contributed by atoms with Gasteiger partial charge in [0, 0.05) is 13.1 Å². The van der Waals surface area contributed by atoms with E-state index in [0.717, 1.165) is 0 Å². The lowest BCUT2D eigenvalue weighted by Gasteiger charge is -2.35. The summed E-state index contributed by atoms with van der Waals surface area (Å²) in [6.45, 7) is 0.0793. The van der Waals surface area contributed by atoms with Gasteiger partial charge in [0.2, 0.25) is 0 Å². The fourth-order valence-electron chi connectivity index (χ4n) is 1.45. The number of alkyl halides is 3. The van der Waals surface area contributed by atoms with E-state index in [1.54, 1.807) is 0 Å². The zero-order valence-electron chi connectivity index (χ0n) is 8.44. The molecule has 5 nitrogen and oxygen atoms in total. The molecule has 96 valence electrons. The standard InChI is InChI=1S/C7H12F3NO4S/c1-5-2-11(3-6(4-12)15-5)16(13,14)7(8,9)10/h5-6,12H,2-4H2,1H3. The molecule has 1 fully saturated rings. The van der Waals surface area contributed by atoms with Crippen LogP contribution in [0.2, 0.25) is 0 Å². The van der Waals surface area contributed by atoms with Gasteiger partial charge in [0.25, 0.3) is 0 Å². The summed E-state index contributed by atoms with van der Waals surface area (Å²) in [5.74, 6) is 0. The van der Waals surface area contributed by atoms with Gasteiger partial charge < -0.3 is 9.84 Å². The summed E-state index contributed by atoms with van der Waals surface area (Å²) in [4.78, 5) is 0. The van der Waals surface area contributed by atoms with Crippen molar-refractivity contribution in [3.63, 3.8) is 0 Å². The highest BCUT2D eigenvalue weighted by Gasteiger charge is 2.51. The Bertz CT molecular complexity index is 342. The van der Waals surface area contributed by atoms with Gasteiger partial charge in [-0.15, -0.1) is 0 Å². The highest BCUT2D eigenvalue weighted by Crippen LogP contribution is 2.28. The zero-order valence-corrected chi connectivity index (χ0v) is 9.25. The molecule has 0 radical (unpaired) electrons. The van der Waals surface area contributed by atoms with E-state index in [4.69, 9.17) is 9.84 Å². The number of halogens is 3. The van der Waals surface area contributed by atoms with Gasteiger partial charge in [0.15, 0.2) is 0 Å². The van der Waals surface area contributed by atoms with Gasteiger partial charge in [0.05, 0.1) is 18.8 Å². The first kappa shape index (κ1) is 13.7. The third kappa shape index (κ3) is 2.65. The Morgan fingerprint density at radius 3 is 2.44 bits per heavy atom. The number of hydrogen-bond acceptors (Lipinski definition) is 4. The van der Waals surface area contributed by atoms with Crippen LogP contribution in [0, 0.1) is 0 Å². The Balaban J connectivity index is 2.88. The maximum Gasteiger partial charge on any atom is 0.511 e. The number of morpholine rings is 1. The highest BCUT2D eigenvalue weighted by molar-refractivity contribution is 7.90. The summed E-state index contributed by atoms with van der Waals surface area (Å²) in [6.07, 6.45) is -1.59. The average Bonchev–Trinajstić information content (AvgIpc) is 2.15. The van der Waals surface area contributed by atoms with Gasteiger partial charge in [-0.1, -0.05) is 0 Å². The van der Waals surface area contributed by atoms with Crippen LogP contribution in [0.4, 0.5) is 13.2 Å². The van der Waals surface area contributed by atoms with Crippen molar-refractivity contribution < 1.29 is 31.4 Å². The molecule has 2 atom stereocenters. The normalized spacial score (nSPS) is 29.3. The molecule has 0 saturated carbocycles. The Kier molecular flexibility index (Phi) is 3.83. The fraction of sp³-hybridized carbons (Fsp3) is 1.00. The number of sulfonamides is 1. The Hall–Kier alpha value is -0.380. The molecule has 1 heterocycles. The van der Waals surface area contributed by atoms with Crippen LogP contribution in [-0.4, -0.2) is 55.2 Å². The first-order valence-electron chi connectivity index (χ1n) is 4.51. The van der Waals surface area contributed by atoms with E-state index >= 15 is 0 Å². The van der Waals surface area contributed by atoms with Gasteiger partial charge >= 0.3 is 15.5 Å². The number of hydrogen-bond donors (Lipinski definition) is 1. The summed E-state index contributed by atoms with van der Waals surface area (Å²) in [7, 11) is -5.33. The summed E-state index contributed by atoms with van der Waals surface area (Å²) in [5.41, 5.74) is -5.32. The quantitative estimate of drug-likeness (QED) is 0.756. The van der Waals surface area contributed by atoms with Crippen LogP contribution in [-0.2, 0) is 14.8 Å². The van der Waals surface area contributed by atoms with Gasteiger partial charge in [-0.05, 0) is 6.92 Å². The van der Waals surface area contributed by atoms with Crippen molar-refractivity contribution in [1.82, 2.24) is 4.31 Å². The second kappa shape index (κ2) is 4.47. The minimum atomic E-state index is -5.33. The number of aliphatic hydroxyl groups is 1. The van der Waals surface area contributed by atoms with Crippen LogP contribution in [0.3, 0.4) is 0 Å². The Morgan fingerprint density at radius 2 is 2.00 bits per heavy atom. The molecule has 0 amide bonds. The maximum atomic E-state index is 12.2. The molecule has 0 spiro atoms. The summed E-state index contributed by atoms with van der Waals surface area (Å²) in [5, 5.41) is 8.77. The second-order valence-corrected chi connectivity index (χ2v) is 5.45. The number of rotatable bonds is 2. The van der Waals surface area contributed by atoms with Crippen molar-refractivity contribution in [2.24, 2.45) is 0 Å². The van der Waals surface area contributed by atoms with Crippen molar-refractivity contribution in [3.8, 4) is 0 Å². The minimum absolute atomic E-state index is 0.294. The molecule has 2 unspecified atom stereocenters. The fourth-order valence-corrected chi connectivity index (χ4v) is 2.51. The topological polar surface area (TPSA) is 66.8 Å². The number of nitrogens with zero attached hydrogens (tertiary/aromatic N) is 1. The molecule has 0 aromatic carbocycles. The Morgan fingerprint density at radius 1 is 1.44 bits per heavy atom. The summed E-state index contributed by atoms with van der Waals surface area (Å²) >= 11 is 0. The highest BCUT2D eigenvalue weighted by atomic mass is 32.2. The first-order valence-corrected chi connectivity index (χ1v) is 5.95. The molecule has 1 aliphatic rings. The smallest absolute Gasteiger partial charge is 0.394 e. The molecule has 1 rings (SSSR count). The molecule has 0 aliphatic carbocycles. The van der Waals surface area contributed by atoms with Crippen molar-refractivity contribution >= 4 is 10.0 Å². The predicted molar refractivity (Wildman–Crippen MR) is 48.0 cm³/mol. The van der Waals surface area contributed by atoms with E-state index in [0.29, 0.717) is 4.31 Å². The first-order chi connectivity index (χ1) is 7.18. The van der Waals surface area contributed by atoms with Crippen molar-refractivity contribution in [2.75, 3.05) is 19.7 Å². The second-order valence-electron chi connectivity index (χ2n) is 3.52. The lowest BCUT2D eigenvalue weighted by molar-refractivity contribution is -0.0864. The number of aliphatic hydroxyl groups excluding tert-OH is 1. The van der Waals surface area contributed by atoms with Gasteiger partial charge in [-0.3, -0.25) is 0 Å². The molecule has 1 aliphatic heterocycles. The van der Waals surface area contributed by atoms with Gasteiger partial charge in [-0.2, -0.15) is 17.5 Å². The molecule has 9 heteroatoms. The monoisotopic (exact) mass is 263 g/mol. The molecule has 0 aromatic rings. The zero-order chi connectivity index (χ0) is 12.6. The minimum Gasteiger partial charge on any atom is -0.394 e. The maximum absolute atomic E-state index is 12.2. The van der Waals surface area contributed by atoms with Crippen LogP contribution >= 0.6 is 0 Å². The number of ether oxygens (including phenoxy) is 1. The molecular weight excluding hydrogens is 251 g/mol. The largest absolute Gasteiger partial charge is 0.511 e. The van der Waals surface area contributed by atoms with Crippen LogP contribution < -0.4 is 0 Å². The summed E-state index contributed by atoms with van der Waals surface area (Å²) < 4.78 is 64.2. The van der Waals surface area contributed by atoms with Crippen LogP contribution in [0.1, 0.15) is 6.92 Å². The lowest BCUT2D eigenvalue weighted by atomic mass is 10.2. The van der Waals surface area contributed by atoms with Crippen LogP contribution in [0.5, 0.6) is 0 Å². The van der Waals surface area contributed by atoms with Gasteiger partial charge in [0.1, 0.15) is 0 Å². The molecule has 0 bridgehead atoms. The van der Waals surface area contributed by atoms with Crippen LogP contribution in [0.25, 0.3) is 0 Å². The van der Waals surface area contributed by atoms with Crippen molar-refractivity contribution in [2.45, 2.75) is 24.6 Å². The third-order valence-electron chi connectivity index (χ3n) is 2.13. The van der Waals surface area contributed by atoms with Crippen molar-refractivity contribution in [1.29, 1.82) is 0 Å². The van der Waals surface area contributed by atoms with Crippen molar-refractivity contribution in [3.05, 3.63) is 0 Å². The van der Waals surface area contributed by atoms with E-state index in [2.05, 4.69) is 0 Å². The Labute approximate surface area is 90.8 Å². The molecular formula is C7H12F3NO4S. The van der Waals surface area contributed by atoms with E-state index < -0.39 is 40.9 Å². The molecule has 1 saturated heterocycles. The summed E-state index contributed by atoms with van der Waals surface area (Å²) in [6, 6.07) is 0. The van der Waals surface area contributed by atoms with E-state index in [9.17, 15) is 21.6 Å². The van der Waals surface area contributed by atoms with Crippen LogP contribution in [0.15, 0.2) is 0 Å². The molecule has 16 heavy (non-hydrogen) atoms. The SMILES string of the molecule is CC1CN(S(=O)(=O)C(F)(F)F)CC(CO)O1. The van der Waals surface area contributed by atoms with E-state index in [1.165, 1.54) is 6.92 Å². The third-order valence-corrected chi connectivity index (χ3v) is 3.69. The molecule has 1 N–H and O–H groups in total. The average molecular weight is 263 g/mol. The van der Waals surface area contributed by atoms with E-state index in [-0.39, 0.29) is 6.54 Å². The molecule has 0 aromatic heterocycles.